The van der Waals surface area contributed by atoms with Gasteiger partial charge >= 0.3 is 0 Å². The van der Waals surface area contributed by atoms with Crippen molar-refractivity contribution < 1.29 is 0 Å². The lowest BCUT2D eigenvalue weighted by molar-refractivity contribution is 0.643. The summed E-state index contributed by atoms with van der Waals surface area (Å²) < 4.78 is 0. The van der Waals surface area contributed by atoms with Gasteiger partial charge in [0.1, 0.15) is 11.6 Å². The van der Waals surface area contributed by atoms with Crippen LogP contribution in [0.5, 0.6) is 0 Å². The molecule has 0 saturated carbocycles. The molecule has 0 spiro atoms. The monoisotopic (exact) mass is 261 g/mol. The largest absolute Gasteiger partial charge is 0.362 e. The summed E-state index contributed by atoms with van der Waals surface area (Å²) in [5.41, 5.74) is 0.677. The molecule has 90 valence electrons. The molecule has 5 heteroatoms. The van der Waals surface area contributed by atoms with Crippen molar-refractivity contribution in [1.82, 2.24) is 9.97 Å². The van der Waals surface area contributed by atoms with Crippen LogP contribution >= 0.6 is 23.2 Å². The van der Waals surface area contributed by atoms with E-state index >= 15 is 0 Å². The summed E-state index contributed by atoms with van der Waals surface area (Å²) >= 11 is 11.8. The van der Waals surface area contributed by atoms with Crippen molar-refractivity contribution in [1.29, 1.82) is 0 Å². The summed E-state index contributed by atoms with van der Waals surface area (Å²) in [6.07, 6.45) is 0.885. The minimum atomic E-state index is -0.338. The van der Waals surface area contributed by atoms with Gasteiger partial charge in [-0.05, 0) is 20.3 Å². The quantitative estimate of drug-likeness (QED) is 0.829. The number of aryl methyl sites for hydroxylation is 2. The molecule has 1 rings (SSSR count). The van der Waals surface area contributed by atoms with Crippen LogP contribution in [0.3, 0.4) is 0 Å². The van der Waals surface area contributed by atoms with Crippen LogP contribution < -0.4 is 5.32 Å². The number of nitrogens with zero attached hydrogens (tertiary/aromatic N) is 2. The molecule has 1 heterocycles. The molecule has 0 aliphatic carbocycles. The van der Waals surface area contributed by atoms with Crippen LogP contribution in [0.1, 0.15) is 25.4 Å². The third-order valence-corrected chi connectivity index (χ3v) is 3.45. The molecule has 3 nitrogen and oxygen atoms in total. The molecule has 0 aliphatic heterocycles. The van der Waals surface area contributed by atoms with E-state index in [0.29, 0.717) is 11.8 Å². The normalized spacial score (nSPS) is 11.6. The standard InChI is InChI=1S/C11H17Cl2N3/c1-4-9-5-10(15-8(2)14-9)16-11(3,6-12)7-13/h5H,4,6-7H2,1-3H3,(H,14,15,16). The van der Waals surface area contributed by atoms with E-state index in [2.05, 4.69) is 22.2 Å². The van der Waals surface area contributed by atoms with Gasteiger partial charge in [-0.25, -0.2) is 9.97 Å². The average Bonchev–Trinajstić information content (AvgIpc) is 2.28. The molecule has 0 bridgehead atoms. The second-order valence-corrected chi connectivity index (χ2v) is 4.63. The number of nitrogens with one attached hydrogen (secondary N) is 1. The molecular formula is C11H17Cl2N3. The number of hydrogen-bond donors (Lipinski definition) is 1. The minimum absolute atomic E-state index is 0.338. The van der Waals surface area contributed by atoms with Crippen molar-refractivity contribution in [2.24, 2.45) is 0 Å². The van der Waals surface area contributed by atoms with Crippen molar-refractivity contribution >= 4 is 29.0 Å². The molecule has 0 unspecified atom stereocenters. The molecule has 0 atom stereocenters. The smallest absolute Gasteiger partial charge is 0.130 e. The van der Waals surface area contributed by atoms with E-state index in [9.17, 15) is 0 Å². The first kappa shape index (κ1) is 13.5. The van der Waals surface area contributed by atoms with Gasteiger partial charge in [0.05, 0.1) is 5.54 Å². The van der Waals surface area contributed by atoms with Crippen LogP contribution in [0.25, 0.3) is 0 Å². The molecule has 0 amide bonds. The highest BCUT2D eigenvalue weighted by Crippen LogP contribution is 2.17. The number of anilines is 1. The van der Waals surface area contributed by atoms with Crippen molar-refractivity contribution in [2.75, 3.05) is 17.1 Å². The van der Waals surface area contributed by atoms with E-state index in [1.165, 1.54) is 0 Å². The number of rotatable bonds is 5. The third-order valence-electron chi connectivity index (χ3n) is 2.27. The number of aromatic nitrogens is 2. The summed E-state index contributed by atoms with van der Waals surface area (Å²) in [5.74, 6) is 2.41. The van der Waals surface area contributed by atoms with E-state index < -0.39 is 0 Å². The fourth-order valence-electron chi connectivity index (χ4n) is 1.29. The van der Waals surface area contributed by atoms with Crippen molar-refractivity contribution in [3.05, 3.63) is 17.6 Å². The molecule has 0 saturated heterocycles. The summed E-state index contributed by atoms with van der Waals surface area (Å²) in [5, 5.41) is 3.26. The predicted octanol–water partition coefficient (Wildman–Crippen LogP) is 3.00. The van der Waals surface area contributed by atoms with Crippen molar-refractivity contribution in [2.45, 2.75) is 32.7 Å². The second-order valence-electron chi connectivity index (χ2n) is 4.10. The van der Waals surface area contributed by atoms with E-state index in [0.717, 1.165) is 23.8 Å². The zero-order chi connectivity index (χ0) is 12.2. The highest BCUT2D eigenvalue weighted by atomic mass is 35.5. The van der Waals surface area contributed by atoms with Gasteiger partial charge in [0, 0.05) is 23.5 Å². The zero-order valence-electron chi connectivity index (χ0n) is 9.85. The van der Waals surface area contributed by atoms with Gasteiger partial charge in [0.2, 0.25) is 0 Å². The van der Waals surface area contributed by atoms with Gasteiger partial charge in [-0.3, -0.25) is 0 Å². The maximum absolute atomic E-state index is 5.88. The molecule has 1 aromatic rings. The number of alkyl halides is 2. The van der Waals surface area contributed by atoms with Gasteiger partial charge in [0.15, 0.2) is 0 Å². The van der Waals surface area contributed by atoms with Gasteiger partial charge < -0.3 is 5.32 Å². The highest BCUT2D eigenvalue weighted by molar-refractivity contribution is 6.22. The zero-order valence-corrected chi connectivity index (χ0v) is 11.4. The van der Waals surface area contributed by atoms with Crippen LogP contribution in [0.4, 0.5) is 5.82 Å². The minimum Gasteiger partial charge on any atom is -0.362 e. The fourth-order valence-corrected chi connectivity index (χ4v) is 1.71. The summed E-state index contributed by atoms with van der Waals surface area (Å²) in [6, 6.07) is 1.93. The summed E-state index contributed by atoms with van der Waals surface area (Å²) in [4.78, 5) is 8.64. The van der Waals surface area contributed by atoms with Gasteiger partial charge in [-0.1, -0.05) is 6.92 Å². The Balaban J connectivity index is 2.92. The van der Waals surface area contributed by atoms with Crippen LogP contribution in [-0.4, -0.2) is 27.3 Å². The van der Waals surface area contributed by atoms with Crippen LogP contribution in [0.15, 0.2) is 6.07 Å². The van der Waals surface area contributed by atoms with E-state index in [1.54, 1.807) is 0 Å². The van der Waals surface area contributed by atoms with Crippen LogP contribution in [0, 0.1) is 6.92 Å². The Kier molecular flexibility index (Phi) is 4.81. The second kappa shape index (κ2) is 5.69. The Labute approximate surface area is 107 Å². The lowest BCUT2D eigenvalue weighted by atomic mass is 10.1. The fraction of sp³-hybridized carbons (Fsp3) is 0.636. The predicted molar refractivity (Wildman–Crippen MR) is 69.6 cm³/mol. The Hall–Kier alpha value is -0.540. The van der Waals surface area contributed by atoms with Gasteiger partial charge in [-0.15, -0.1) is 23.2 Å². The molecule has 1 aromatic heterocycles. The van der Waals surface area contributed by atoms with Gasteiger partial charge in [0.25, 0.3) is 0 Å². The summed E-state index contributed by atoms with van der Waals surface area (Å²) in [7, 11) is 0. The summed E-state index contributed by atoms with van der Waals surface area (Å²) in [6.45, 7) is 5.91. The van der Waals surface area contributed by atoms with E-state index in [1.807, 2.05) is 19.9 Å². The molecule has 0 radical (unpaired) electrons. The van der Waals surface area contributed by atoms with Crippen LogP contribution in [-0.2, 0) is 6.42 Å². The lowest BCUT2D eigenvalue weighted by Gasteiger charge is -2.26. The van der Waals surface area contributed by atoms with Crippen molar-refractivity contribution in [3.8, 4) is 0 Å². The van der Waals surface area contributed by atoms with E-state index in [-0.39, 0.29) is 5.54 Å². The number of hydrogen-bond acceptors (Lipinski definition) is 3. The number of halogens is 2. The van der Waals surface area contributed by atoms with Gasteiger partial charge in [-0.2, -0.15) is 0 Å². The Morgan fingerprint density at radius 3 is 2.44 bits per heavy atom. The highest BCUT2D eigenvalue weighted by Gasteiger charge is 2.22. The third kappa shape index (κ3) is 3.49. The lowest BCUT2D eigenvalue weighted by Crippen LogP contribution is -2.39. The molecule has 16 heavy (non-hydrogen) atoms. The first-order valence-electron chi connectivity index (χ1n) is 5.27. The molecule has 0 fully saturated rings. The molecular weight excluding hydrogens is 245 g/mol. The SMILES string of the molecule is CCc1cc(NC(C)(CCl)CCl)nc(C)n1. The Morgan fingerprint density at radius 2 is 1.94 bits per heavy atom. The topological polar surface area (TPSA) is 37.8 Å². The molecule has 0 aromatic carbocycles. The molecule has 1 N–H and O–H groups in total. The average molecular weight is 262 g/mol. The van der Waals surface area contributed by atoms with E-state index in [4.69, 9.17) is 23.2 Å². The Bertz CT molecular complexity index is 351. The van der Waals surface area contributed by atoms with Crippen molar-refractivity contribution in [3.63, 3.8) is 0 Å². The maximum Gasteiger partial charge on any atom is 0.130 e. The van der Waals surface area contributed by atoms with Crippen LogP contribution in [0.2, 0.25) is 0 Å². The maximum atomic E-state index is 5.88. The molecule has 0 aliphatic rings. The first-order valence-corrected chi connectivity index (χ1v) is 6.34. The first-order chi connectivity index (χ1) is 7.53. The Morgan fingerprint density at radius 1 is 1.31 bits per heavy atom.